The summed E-state index contributed by atoms with van der Waals surface area (Å²) in [5, 5.41) is 11.5. The van der Waals surface area contributed by atoms with Gasteiger partial charge in [-0.25, -0.2) is 4.98 Å². The summed E-state index contributed by atoms with van der Waals surface area (Å²) in [6, 6.07) is 21.3. The lowest BCUT2D eigenvalue weighted by Gasteiger charge is -2.25. The van der Waals surface area contributed by atoms with E-state index in [4.69, 9.17) is 4.74 Å². The van der Waals surface area contributed by atoms with Gasteiger partial charge in [0.25, 0.3) is 11.7 Å². The third-order valence-corrected chi connectivity index (χ3v) is 6.23. The molecule has 180 valence electrons. The predicted molar refractivity (Wildman–Crippen MR) is 136 cm³/mol. The highest BCUT2D eigenvalue weighted by Crippen LogP contribution is 2.41. The largest absolute Gasteiger partial charge is 0.505 e. The van der Waals surface area contributed by atoms with Crippen molar-refractivity contribution in [2.24, 2.45) is 0 Å². The summed E-state index contributed by atoms with van der Waals surface area (Å²) in [4.78, 5) is 32.7. The lowest BCUT2D eigenvalue weighted by Crippen LogP contribution is -2.29. The molecule has 2 aromatic heterocycles. The Morgan fingerprint density at radius 3 is 2.50 bits per heavy atom. The maximum atomic E-state index is 13.4. The number of likely N-dealkylation sites (tertiary alicyclic amines) is 1. The van der Waals surface area contributed by atoms with Gasteiger partial charge in [-0.1, -0.05) is 61.2 Å². The molecule has 0 spiro atoms. The van der Waals surface area contributed by atoms with Crippen LogP contribution >= 0.6 is 0 Å². The molecule has 3 heterocycles. The highest BCUT2D eigenvalue weighted by molar-refractivity contribution is 6.46. The molecule has 1 amide bonds. The molecule has 5 rings (SSSR count). The molecular formula is C29H25N3O4. The maximum Gasteiger partial charge on any atom is 0.295 e. The lowest BCUT2D eigenvalue weighted by molar-refractivity contribution is -0.140. The Labute approximate surface area is 208 Å². The molecule has 1 fully saturated rings. The molecule has 1 saturated heterocycles. The van der Waals surface area contributed by atoms with E-state index in [-0.39, 0.29) is 17.9 Å². The Kier molecular flexibility index (Phi) is 6.12. The van der Waals surface area contributed by atoms with Crippen LogP contribution in [-0.2, 0) is 16.1 Å². The number of pyridine rings is 1. The molecule has 0 bridgehead atoms. The van der Waals surface area contributed by atoms with Crippen molar-refractivity contribution >= 4 is 23.1 Å². The van der Waals surface area contributed by atoms with Gasteiger partial charge in [0.1, 0.15) is 23.7 Å². The Morgan fingerprint density at radius 2 is 1.78 bits per heavy atom. The van der Waals surface area contributed by atoms with E-state index < -0.39 is 17.7 Å². The number of aliphatic hydroxyl groups excluding tert-OH is 1. The smallest absolute Gasteiger partial charge is 0.295 e. The number of carbonyl (C=O) groups excluding carboxylic acids is 2. The second kappa shape index (κ2) is 9.54. The summed E-state index contributed by atoms with van der Waals surface area (Å²) in [5.74, 6) is -1.01. The van der Waals surface area contributed by atoms with E-state index >= 15 is 0 Å². The fraction of sp³-hybridized carbons (Fsp3) is 0.138. The predicted octanol–water partition coefficient (Wildman–Crippen LogP) is 4.83. The minimum atomic E-state index is -0.785. The van der Waals surface area contributed by atoms with Crippen LogP contribution in [0, 0.1) is 6.92 Å². The molecule has 7 nitrogen and oxygen atoms in total. The second-order valence-corrected chi connectivity index (χ2v) is 8.56. The average molecular weight is 480 g/mol. The monoisotopic (exact) mass is 479 g/mol. The van der Waals surface area contributed by atoms with Gasteiger partial charge >= 0.3 is 0 Å². The normalized spacial score (nSPS) is 17.0. The molecule has 1 unspecified atom stereocenters. The van der Waals surface area contributed by atoms with Gasteiger partial charge in [0.15, 0.2) is 5.76 Å². The fourth-order valence-electron chi connectivity index (χ4n) is 4.60. The fourth-order valence-corrected chi connectivity index (χ4v) is 4.60. The van der Waals surface area contributed by atoms with Crippen molar-refractivity contribution in [3.63, 3.8) is 0 Å². The molecule has 1 aliphatic heterocycles. The number of aromatic nitrogens is 2. The van der Waals surface area contributed by atoms with Crippen molar-refractivity contribution in [1.29, 1.82) is 0 Å². The van der Waals surface area contributed by atoms with Gasteiger partial charge < -0.3 is 14.7 Å². The van der Waals surface area contributed by atoms with Gasteiger partial charge in [-0.05, 0) is 42.3 Å². The van der Waals surface area contributed by atoms with Crippen LogP contribution in [0.4, 0.5) is 0 Å². The first-order chi connectivity index (χ1) is 17.5. The SMILES string of the molecule is C=CCOc1ccc(C2/C(=C(\O)c3c(C)nc4ccccn34)C(=O)C(=O)N2Cc2ccccc2)cc1. The molecule has 0 radical (unpaired) electrons. The molecule has 4 aromatic rings. The number of ether oxygens (including phenoxy) is 1. The number of benzene rings is 2. The van der Waals surface area contributed by atoms with Crippen LogP contribution in [0.15, 0.2) is 97.2 Å². The van der Waals surface area contributed by atoms with Gasteiger partial charge in [0.05, 0.1) is 17.3 Å². The van der Waals surface area contributed by atoms with Gasteiger partial charge in [0, 0.05) is 12.7 Å². The molecule has 0 saturated carbocycles. The van der Waals surface area contributed by atoms with Crippen molar-refractivity contribution in [2.45, 2.75) is 19.5 Å². The highest BCUT2D eigenvalue weighted by Gasteiger charge is 2.46. The van der Waals surface area contributed by atoms with Crippen LogP contribution in [0.2, 0.25) is 0 Å². The van der Waals surface area contributed by atoms with Crippen LogP contribution in [0.5, 0.6) is 5.75 Å². The number of carbonyl (C=O) groups is 2. The molecule has 1 atom stereocenters. The van der Waals surface area contributed by atoms with Crippen LogP contribution in [0.3, 0.4) is 0 Å². The van der Waals surface area contributed by atoms with E-state index in [1.54, 1.807) is 35.7 Å². The van der Waals surface area contributed by atoms with Crippen LogP contribution in [-0.4, -0.2) is 37.7 Å². The molecule has 7 heteroatoms. The Balaban J connectivity index is 1.66. The average Bonchev–Trinajstić information content (AvgIpc) is 3.36. The van der Waals surface area contributed by atoms with Crippen molar-refractivity contribution in [2.75, 3.05) is 6.61 Å². The number of aliphatic hydroxyl groups is 1. The standard InChI is InChI=1S/C29H25N3O4/c1-3-17-36-22-14-12-21(13-15-22)26-24(27(33)25-19(2)30-23-11-7-8-16-31(23)25)28(34)29(35)32(26)18-20-9-5-4-6-10-20/h3-16,26,33H,1,17-18H2,2H3/b27-24+. The number of rotatable bonds is 7. The summed E-state index contributed by atoms with van der Waals surface area (Å²) in [6.07, 6.45) is 3.42. The minimum absolute atomic E-state index is 0.0319. The molecule has 36 heavy (non-hydrogen) atoms. The summed E-state index contributed by atoms with van der Waals surface area (Å²) in [7, 11) is 0. The first-order valence-electron chi connectivity index (χ1n) is 11.6. The van der Waals surface area contributed by atoms with Gasteiger partial charge in [0.2, 0.25) is 0 Å². The zero-order valence-electron chi connectivity index (χ0n) is 19.8. The van der Waals surface area contributed by atoms with Crippen molar-refractivity contribution < 1.29 is 19.4 Å². The molecule has 2 aromatic carbocycles. The molecule has 1 N–H and O–H groups in total. The summed E-state index contributed by atoms with van der Waals surface area (Å²) in [5.41, 5.74) is 3.17. The zero-order chi connectivity index (χ0) is 25.2. The topological polar surface area (TPSA) is 84.1 Å². The van der Waals surface area contributed by atoms with Crippen LogP contribution in [0.25, 0.3) is 11.4 Å². The number of hydrogen-bond acceptors (Lipinski definition) is 5. The first-order valence-corrected chi connectivity index (χ1v) is 11.6. The number of hydrogen-bond donors (Lipinski definition) is 1. The maximum absolute atomic E-state index is 13.4. The van der Waals surface area contributed by atoms with E-state index in [1.807, 2.05) is 60.7 Å². The van der Waals surface area contributed by atoms with E-state index in [9.17, 15) is 14.7 Å². The Morgan fingerprint density at radius 1 is 1.06 bits per heavy atom. The number of aryl methyl sites for hydroxylation is 1. The van der Waals surface area contributed by atoms with Crippen molar-refractivity contribution in [3.8, 4) is 5.75 Å². The van der Waals surface area contributed by atoms with E-state index in [0.29, 0.717) is 35.0 Å². The quantitative estimate of drug-likeness (QED) is 0.178. The number of Topliss-reactive ketones (excluding diaryl/α,β-unsaturated/α-hetero) is 1. The first kappa shape index (κ1) is 23.1. The molecule has 1 aliphatic rings. The van der Waals surface area contributed by atoms with Gasteiger partial charge in [-0.15, -0.1) is 0 Å². The number of imidazole rings is 1. The third kappa shape index (κ3) is 4.05. The van der Waals surface area contributed by atoms with Crippen LogP contribution in [0.1, 0.15) is 28.6 Å². The van der Waals surface area contributed by atoms with Crippen LogP contribution < -0.4 is 4.74 Å². The van der Waals surface area contributed by atoms with E-state index in [1.165, 1.54) is 4.90 Å². The van der Waals surface area contributed by atoms with Gasteiger partial charge in [-0.2, -0.15) is 0 Å². The lowest BCUT2D eigenvalue weighted by atomic mass is 9.96. The van der Waals surface area contributed by atoms with E-state index in [2.05, 4.69) is 11.6 Å². The second-order valence-electron chi connectivity index (χ2n) is 8.56. The number of nitrogens with zero attached hydrogens (tertiary/aromatic N) is 3. The summed E-state index contributed by atoms with van der Waals surface area (Å²) >= 11 is 0. The highest BCUT2D eigenvalue weighted by atomic mass is 16.5. The Bertz CT molecular complexity index is 1490. The van der Waals surface area contributed by atoms with Crippen molar-refractivity contribution in [3.05, 3.63) is 120 Å². The summed E-state index contributed by atoms with van der Waals surface area (Å²) in [6.45, 7) is 6.00. The zero-order valence-corrected chi connectivity index (χ0v) is 19.8. The van der Waals surface area contributed by atoms with Crippen molar-refractivity contribution in [1.82, 2.24) is 14.3 Å². The Hall–Kier alpha value is -4.65. The summed E-state index contributed by atoms with van der Waals surface area (Å²) < 4.78 is 7.32. The minimum Gasteiger partial charge on any atom is -0.505 e. The molecular weight excluding hydrogens is 454 g/mol. The van der Waals surface area contributed by atoms with E-state index in [0.717, 1.165) is 5.56 Å². The number of fused-ring (bicyclic) bond motifs is 1. The third-order valence-electron chi connectivity index (χ3n) is 6.23. The number of amides is 1. The molecule has 0 aliphatic carbocycles. The van der Waals surface area contributed by atoms with Gasteiger partial charge in [-0.3, -0.25) is 14.0 Å². The number of ketones is 1.